The Balaban J connectivity index is 2.24. The van der Waals surface area contributed by atoms with Crippen molar-refractivity contribution >= 4 is 5.82 Å². The third-order valence-electron chi connectivity index (χ3n) is 2.04. The summed E-state index contributed by atoms with van der Waals surface area (Å²) in [4.78, 5) is 8.00. The number of nitrogens with two attached hydrogens (primary N) is 1. The van der Waals surface area contributed by atoms with Gasteiger partial charge in [0, 0.05) is 12.6 Å². The quantitative estimate of drug-likeness (QED) is 0.657. The molecule has 0 radical (unpaired) electrons. The van der Waals surface area contributed by atoms with Gasteiger partial charge in [-0.1, -0.05) is 6.42 Å². The van der Waals surface area contributed by atoms with Gasteiger partial charge in [-0.3, -0.25) is 0 Å². The molecule has 0 atom stereocenters. The molecule has 0 amide bonds. The maximum Gasteiger partial charge on any atom is 0.218 e. The Labute approximate surface area is 90.1 Å². The van der Waals surface area contributed by atoms with Crippen LogP contribution in [0.15, 0.2) is 12.4 Å². The van der Waals surface area contributed by atoms with Crippen LogP contribution in [0.5, 0.6) is 5.88 Å². The standard InChI is InChI=1S/C10H18N4O/c1-15-10-7-9(13-8-14-10)12-6-4-2-3-5-11/h7-8H,2-6,11H2,1H3,(H,12,13,14). The van der Waals surface area contributed by atoms with Gasteiger partial charge in [0.05, 0.1) is 7.11 Å². The number of anilines is 1. The number of methoxy groups -OCH3 is 1. The second-order valence-electron chi connectivity index (χ2n) is 3.22. The lowest BCUT2D eigenvalue weighted by Crippen LogP contribution is -2.05. The first kappa shape index (κ1) is 11.7. The van der Waals surface area contributed by atoms with E-state index >= 15 is 0 Å². The van der Waals surface area contributed by atoms with E-state index in [1.54, 1.807) is 13.2 Å². The van der Waals surface area contributed by atoms with E-state index in [9.17, 15) is 0 Å². The minimum Gasteiger partial charge on any atom is -0.481 e. The number of nitrogens with one attached hydrogen (secondary N) is 1. The van der Waals surface area contributed by atoms with Gasteiger partial charge in [0.1, 0.15) is 12.1 Å². The summed E-state index contributed by atoms with van der Waals surface area (Å²) in [5, 5.41) is 3.21. The molecule has 0 fully saturated rings. The summed E-state index contributed by atoms with van der Waals surface area (Å²) < 4.78 is 4.99. The van der Waals surface area contributed by atoms with Crippen LogP contribution in [-0.4, -0.2) is 30.2 Å². The highest BCUT2D eigenvalue weighted by Gasteiger charge is 1.96. The lowest BCUT2D eigenvalue weighted by Gasteiger charge is -2.05. The Morgan fingerprint density at radius 1 is 1.33 bits per heavy atom. The van der Waals surface area contributed by atoms with E-state index in [2.05, 4.69) is 15.3 Å². The van der Waals surface area contributed by atoms with Crippen molar-refractivity contribution in [1.82, 2.24) is 9.97 Å². The fraction of sp³-hybridized carbons (Fsp3) is 0.600. The van der Waals surface area contributed by atoms with Crippen molar-refractivity contribution in [2.45, 2.75) is 19.3 Å². The molecule has 1 aromatic heterocycles. The summed E-state index contributed by atoms with van der Waals surface area (Å²) in [6.07, 6.45) is 4.81. The zero-order valence-electron chi connectivity index (χ0n) is 9.07. The van der Waals surface area contributed by atoms with E-state index in [4.69, 9.17) is 10.5 Å². The minimum absolute atomic E-state index is 0.578. The third kappa shape index (κ3) is 4.60. The number of ether oxygens (including phenoxy) is 1. The van der Waals surface area contributed by atoms with Crippen LogP contribution >= 0.6 is 0 Å². The molecule has 1 heterocycles. The number of nitrogens with zero attached hydrogens (tertiary/aromatic N) is 2. The summed E-state index contributed by atoms with van der Waals surface area (Å²) in [6.45, 7) is 1.67. The summed E-state index contributed by atoms with van der Waals surface area (Å²) in [7, 11) is 1.59. The Morgan fingerprint density at radius 3 is 2.93 bits per heavy atom. The molecule has 0 aliphatic heterocycles. The van der Waals surface area contributed by atoms with Gasteiger partial charge in [-0.15, -0.1) is 0 Å². The molecule has 5 nitrogen and oxygen atoms in total. The minimum atomic E-state index is 0.578. The summed E-state index contributed by atoms with van der Waals surface area (Å²) in [5.41, 5.74) is 5.40. The van der Waals surface area contributed by atoms with E-state index in [0.717, 1.165) is 38.2 Å². The molecule has 1 rings (SSSR count). The van der Waals surface area contributed by atoms with Crippen LogP contribution in [0.4, 0.5) is 5.82 Å². The van der Waals surface area contributed by atoms with E-state index in [1.165, 1.54) is 6.33 Å². The number of hydrogen-bond donors (Lipinski definition) is 2. The first-order valence-corrected chi connectivity index (χ1v) is 5.17. The lowest BCUT2D eigenvalue weighted by atomic mass is 10.2. The molecular weight excluding hydrogens is 192 g/mol. The number of hydrogen-bond acceptors (Lipinski definition) is 5. The van der Waals surface area contributed by atoms with Crippen molar-refractivity contribution in [3.8, 4) is 5.88 Å². The second kappa shape index (κ2) is 7.00. The SMILES string of the molecule is COc1cc(NCCCCCN)ncn1. The van der Waals surface area contributed by atoms with E-state index in [-0.39, 0.29) is 0 Å². The van der Waals surface area contributed by atoms with Gasteiger partial charge in [0.2, 0.25) is 5.88 Å². The van der Waals surface area contributed by atoms with Crippen LogP contribution in [-0.2, 0) is 0 Å². The predicted octanol–water partition coefficient (Wildman–Crippen LogP) is 1.03. The van der Waals surface area contributed by atoms with E-state index in [1.807, 2.05) is 0 Å². The van der Waals surface area contributed by atoms with E-state index in [0.29, 0.717) is 5.88 Å². The highest BCUT2D eigenvalue weighted by molar-refractivity contribution is 5.36. The predicted molar refractivity (Wildman–Crippen MR) is 60.0 cm³/mol. The summed E-state index contributed by atoms with van der Waals surface area (Å²) in [5.74, 6) is 1.38. The molecule has 0 aliphatic carbocycles. The van der Waals surface area contributed by atoms with Gasteiger partial charge in [-0.05, 0) is 19.4 Å². The molecule has 0 aliphatic rings. The molecule has 0 aromatic carbocycles. The van der Waals surface area contributed by atoms with Crippen molar-refractivity contribution in [1.29, 1.82) is 0 Å². The van der Waals surface area contributed by atoms with Crippen LogP contribution in [0.25, 0.3) is 0 Å². The van der Waals surface area contributed by atoms with Crippen molar-refractivity contribution < 1.29 is 4.74 Å². The topological polar surface area (TPSA) is 73.1 Å². The monoisotopic (exact) mass is 210 g/mol. The van der Waals surface area contributed by atoms with Gasteiger partial charge < -0.3 is 15.8 Å². The molecule has 15 heavy (non-hydrogen) atoms. The maximum atomic E-state index is 5.40. The molecular formula is C10H18N4O. The van der Waals surface area contributed by atoms with Gasteiger partial charge in [-0.25, -0.2) is 9.97 Å². The Bertz CT molecular complexity index is 280. The Kier molecular flexibility index (Phi) is 5.47. The zero-order valence-corrected chi connectivity index (χ0v) is 9.07. The molecule has 5 heteroatoms. The normalized spacial score (nSPS) is 10.0. The Morgan fingerprint density at radius 2 is 2.20 bits per heavy atom. The summed E-state index contributed by atoms with van der Waals surface area (Å²) >= 11 is 0. The van der Waals surface area contributed by atoms with Crippen molar-refractivity contribution in [3.63, 3.8) is 0 Å². The first-order valence-electron chi connectivity index (χ1n) is 5.17. The molecule has 0 unspecified atom stereocenters. The highest BCUT2D eigenvalue weighted by Crippen LogP contribution is 2.09. The zero-order chi connectivity index (χ0) is 10.9. The largest absolute Gasteiger partial charge is 0.481 e. The van der Waals surface area contributed by atoms with E-state index < -0.39 is 0 Å². The molecule has 0 bridgehead atoms. The maximum absolute atomic E-state index is 5.40. The molecule has 0 saturated heterocycles. The number of aromatic nitrogens is 2. The lowest BCUT2D eigenvalue weighted by molar-refractivity contribution is 0.397. The fourth-order valence-electron chi connectivity index (χ4n) is 1.21. The number of rotatable bonds is 7. The van der Waals surface area contributed by atoms with Gasteiger partial charge in [-0.2, -0.15) is 0 Å². The van der Waals surface area contributed by atoms with Crippen molar-refractivity contribution in [2.75, 3.05) is 25.5 Å². The smallest absolute Gasteiger partial charge is 0.218 e. The molecule has 1 aromatic rings. The van der Waals surface area contributed by atoms with Crippen LogP contribution in [0, 0.1) is 0 Å². The average Bonchev–Trinajstić information content (AvgIpc) is 2.29. The third-order valence-corrected chi connectivity index (χ3v) is 2.04. The number of unbranched alkanes of at least 4 members (excludes halogenated alkanes) is 2. The van der Waals surface area contributed by atoms with Crippen molar-refractivity contribution in [3.05, 3.63) is 12.4 Å². The van der Waals surface area contributed by atoms with Gasteiger partial charge >= 0.3 is 0 Å². The molecule has 84 valence electrons. The highest BCUT2D eigenvalue weighted by atomic mass is 16.5. The molecule has 3 N–H and O–H groups in total. The first-order chi connectivity index (χ1) is 7.36. The molecule has 0 saturated carbocycles. The van der Waals surface area contributed by atoms with Crippen molar-refractivity contribution in [2.24, 2.45) is 5.73 Å². The Hall–Kier alpha value is -1.36. The fourth-order valence-corrected chi connectivity index (χ4v) is 1.21. The van der Waals surface area contributed by atoms with Crippen LogP contribution in [0.2, 0.25) is 0 Å². The summed E-state index contributed by atoms with van der Waals surface area (Å²) in [6, 6.07) is 1.78. The van der Waals surface area contributed by atoms with Gasteiger partial charge in [0.15, 0.2) is 0 Å². The second-order valence-corrected chi connectivity index (χ2v) is 3.22. The van der Waals surface area contributed by atoms with Crippen LogP contribution in [0.3, 0.4) is 0 Å². The van der Waals surface area contributed by atoms with Crippen LogP contribution < -0.4 is 15.8 Å². The van der Waals surface area contributed by atoms with Crippen LogP contribution in [0.1, 0.15) is 19.3 Å². The average molecular weight is 210 g/mol. The van der Waals surface area contributed by atoms with Gasteiger partial charge in [0.25, 0.3) is 0 Å². The molecule has 0 spiro atoms.